The van der Waals surface area contributed by atoms with Gasteiger partial charge in [0.1, 0.15) is 4.21 Å². The van der Waals surface area contributed by atoms with E-state index in [1.807, 2.05) is 0 Å². The summed E-state index contributed by atoms with van der Waals surface area (Å²) in [5.74, 6) is -0.784. The third kappa shape index (κ3) is 4.06. The zero-order valence-corrected chi connectivity index (χ0v) is 18.1. The highest BCUT2D eigenvalue weighted by Crippen LogP contribution is 2.33. The second-order valence-corrected chi connectivity index (χ2v) is 10.6. The van der Waals surface area contributed by atoms with Crippen molar-refractivity contribution in [3.63, 3.8) is 0 Å². The fourth-order valence-electron chi connectivity index (χ4n) is 3.29. The van der Waals surface area contributed by atoms with Crippen molar-refractivity contribution in [1.29, 1.82) is 0 Å². The number of thiophene rings is 1. The molecule has 2 N–H and O–H groups in total. The predicted molar refractivity (Wildman–Crippen MR) is 116 cm³/mol. The number of hydrogen-bond donors (Lipinski definition) is 1. The molecule has 0 radical (unpaired) electrons. The highest BCUT2D eigenvalue weighted by atomic mass is 35.5. The molecule has 0 spiro atoms. The van der Waals surface area contributed by atoms with Crippen LogP contribution in [0.25, 0.3) is 10.1 Å². The van der Waals surface area contributed by atoms with E-state index in [0.717, 1.165) is 27.0 Å². The molecule has 0 atom stereocenters. The van der Waals surface area contributed by atoms with E-state index in [2.05, 4.69) is 0 Å². The van der Waals surface area contributed by atoms with Gasteiger partial charge in [0, 0.05) is 34.9 Å². The van der Waals surface area contributed by atoms with Crippen LogP contribution in [0.1, 0.15) is 15.9 Å². The summed E-state index contributed by atoms with van der Waals surface area (Å²) in [4.78, 5) is 25.4. The van der Waals surface area contributed by atoms with Gasteiger partial charge in [-0.25, -0.2) is 8.42 Å². The second-order valence-electron chi connectivity index (χ2n) is 6.96. The molecule has 1 aromatic heterocycles. The van der Waals surface area contributed by atoms with E-state index >= 15 is 0 Å². The van der Waals surface area contributed by atoms with Crippen LogP contribution in [0.2, 0.25) is 5.02 Å². The maximum absolute atomic E-state index is 13.0. The van der Waals surface area contributed by atoms with E-state index in [-0.39, 0.29) is 29.8 Å². The molecule has 2 aromatic carbocycles. The van der Waals surface area contributed by atoms with E-state index < -0.39 is 15.9 Å². The average molecular weight is 464 g/mol. The van der Waals surface area contributed by atoms with E-state index in [9.17, 15) is 18.0 Å². The Morgan fingerprint density at radius 1 is 1.10 bits per heavy atom. The van der Waals surface area contributed by atoms with Crippen LogP contribution in [0.15, 0.2) is 52.7 Å². The number of primary amides is 1. The summed E-state index contributed by atoms with van der Waals surface area (Å²) in [7, 11) is -3.77. The van der Waals surface area contributed by atoms with Crippen LogP contribution < -0.4 is 5.73 Å². The van der Waals surface area contributed by atoms with Crippen LogP contribution >= 0.6 is 22.9 Å². The first kappa shape index (κ1) is 20.8. The number of rotatable bonds is 5. The van der Waals surface area contributed by atoms with Gasteiger partial charge in [-0.3, -0.25) is 9.59 Å². The lowest BCUT2D eigenvalue weighted by atomic mass is 10.1. The third-order valence-electron chi connectivity index (χ3n) is 4.95. The van der Waals surface area contributed by atoms with Crippen molar-refractivity contribution in [2.45, 2.75) is 10.8 Å². The molecule has 1 aliphatic rings. The Morgan fingerprint density at radius 3 is 2.50 bits per heavy atom. The number of amides is 2. The van der Waals surface area contributed by atoms with E-state index in [1.54, 1.807) is 53.4 Å². The number of sulfonamides is 1. The lowest BCUT2D eigenvalue weighted by Crippen LogP contribution is -2.51. The van der Waals surface area contributed by atoms with Gasteiger partial charge < -0.3 is 10.6 Å². The van der Waals surface area contributed by atoms with E-state index in [1.165, 1.54) is 4.31 Å². The minimum Gasteiger partial charge on any atom is -0.366 e. The number of hydrogen-bond acceptors (Lipinski definition) is 5. The Kier molecular flexibility index (Phi) is 5.54. The first-order valence-corrected chi connectivity index (χ1v) is 11.7. The summed E-state index contributed by atoms with van der Waals surface area (Å²) in [5.41, 5.74) is 6.47. The number of piperazine rings is 1. The molecule has 156 valence electrons. The first-order chi connectivity index (χ1) is 14.2. The SMILES string of the molecule is NC(=O)c1ccc(CN2CCN(S(=O)(=O)c3cc4ccc(Cl)cc4s3)CC2=O)cc1. The van der Waals surface area contributed by atoms with Crippen LogP contribution in [0.5, 0.6) is 0 Å². The van der Waals surface area contributed by atoms with Crippen LogP contribution in [0, 0.1) is 0 Å². The molecule has 0 bridgehead atoms. The van der Waals surface area contributed by atoms with Crippen LogP contribution in [0.3, 0.4) is 0 Å². The fourth-order valence-corrected chi connectivity index (χ4v) is 6.50. The van der Waals surface area contributed by atoms with Crippen LogP contribution in [-0.2, 0) is 21.4 Å². The zero-order valence-electron chi connectivity index (χ0n) is 15.7. The molecule has 1 fully saturated rings. The zero-order chi connectivity index (χ0) is 21.5. The topological polar surface area (TPSA) is 101 Å². The van der Waals surface area contributed by atoms with Gasteiger partial charge in [0.25, 0.3) is 10.0 Å². The number of halogens is 1. The van der Waals surface area contributed by atoms with Crippen LogP contribution in [0.4, 0.5) is 0 Å². The summed E-state index contributed by atoms with van der Waals surface area (Å²) in [5, 5.41) is 1.34. The minimum absolute atomic E-state index is 0.197. The first-order valence-electron chi connectivity index (χ1n) is 9.10. The molecule has 0 aliphatic carbocycles. The molecule has 3 aromatic rings. The average Bonchev–Trinajstić information content (AvgIpc) is 3.14. The molecular weight excluding hydrogens is 446 g/mol. The third-order valence-corrected chi connectivity index (χ3v) is 8.58. The largest absolute Gasteiger partial charge is 0.366 e. The smallest absolute Gasteiger partial charge is 0.253 e. The standard InChI is InChI=1S/C20H18ClN3O4S2/c21-16-6-5-15-9-19(29-17(15)10-16)30(27,28)24-8-7-23(18(25)12-24)11-13-1-3-14(4-2-13)20(22)26/h1-6,9-10H,7-8,11-12H2,(H2,22,26). The van der Waals surface area contributed by atoms with Crippen LogP contribution in [-0.4, -0.2) is 49.1 Å². The van der Waals surface area contributed by atoms with Gasteiger partial charge in [-0.2, -0.15) is 4.31 Å². The molecule has 2 heterocycles. The number of nitrogens with two attached hydrogens (primary N) is 1. The monoisotopic (exact) mass is 463 g/mol. The lowest BCUT2D eigenvalue weighted by Gasteiger charge is -2.33. The molecule has 1 aliphatic heterocycles. The van der Waals surface area contributed by atoms with Gasteiger partial charge in [-0.05, 0) is 41.3 Å². The number of carbonyl (C=O) groups excluding carboxylic acids is 2. The molecule has 10 heteroatoms. The van der Waals surface area contributed by atoms with Crippen molar-refractivity contribution in [2.24, 2.45) is 5.73 Å². The summed E-state index contributed by atoms with van der Waals surface area (Å²) >= 11 is 7.13. The van der Waals surface area contributed by atoms with Crippen molar-refractivity contribution in [1.82, 2.24) is 9.21 Å². The summed E-state index contributed by atoms with van der Waals surface area (Å²) < 4.78 is 28.3. The molecule has 0 unspecified atom stereocenters. The highest BCUT2D eigenvalue weighted by molar-refractivity contribution is 7.91. The number of carbonyl (C=O) groups is 2. The van der Waals surface area contributed by atoms with Crippen molar-refractivity contribution >= 4 is 54.9 Å². The summed E-state index contributed by atoms with van der Waals surface area (Å²) in [6, 6.07) is 13.5. The maximum Gasteiger partial charge on any atom is 0.253 e. The molecule has 0 saturated carbocycles. The Morgan fingerprint density at radius 2 is 1.83 bits per heavy atom. The number of fused-ring (bicyclic) bond motifs is 1. The lowest BCUT2D eigenvalue weighted by molar-refractivity contribution is -0.134. The van der Waals surface area contributed by atoms with E-state index in [4.69, 9.17) is 17.3 Å². The van der Waals surface area contributed by atoms with Gasteiger partial charge in [0.05, 0.1) is 6.54 Å². The normalized spacial score (nSPS) is 15.6. The predicted octanol–water partition coefficient (Wildman–Crippen LogP) is 2.69. The maximum atomic E-state index is 13.0. The quantitative estimate of drug-likeness (QED) is 0.628. The molecule has 7 nitrogen and oxygen atoms in total. The second kappa shape index (κ2) is 7.99. The fraction of sp³-hybridized carbons (Fsp3) is 0.200. The van der Waals surface area contributed by atoms with E-state index in [0.29, 0.717) is 17.1 Å². The van der Waals surface area contributed by atoms with Gasteiger partial charge in [0.2, 0.25) is 11.8 Å². The summed E-state index contributed by atoms with van der Waals surface area (Å²) in [6.07, 6.45) is 0. The Balaban J connectivity index is 1.47. The van der Waals surface area contributed by atoms with Gasteiger partial charge in [-0.15, -0.1) is 11.3 Å². The van der Waals surface area contributed by atoms with Crippen molar-refractivity contribution in [3.8, 4) is 0 Å². The van der Waals surface area contributed by atoms with Gasteiger partial charge in [-0.1, -0.05) is 29.8 Å². The molecular formula is C20H18ClN3O4S2. The molecule has 2 amide bonds. The molecule has 1 saturated heterocycles. The molecule has 30 heavy (non-hydrogen) atoms. The minimum atomic E-state index is -3.77. The highest BCUT2D eigenvalue weighted by Gasteiger charge is 2.33. The Hall–Kier alpha value is -2.46. The Bertz CT molecular complexity index is 1240. The van der Waals surface area contributed by atoms with Crippen molar-refractivity contribution in [3.05, 3.63) is 64.7 Å². The number of nitrogens with zero attached hydrogens (tertiary/aromatic N) is 2. The van der Waals surface area contributed by atoms with Crippen molar-refractivity contribution in [2.75, 3.05) is 19.6 Å². The molecule has 4 rings (SSSR count). The Labute approximate surface area is 182 Å². The van der Waals surface area contributed by atoms with Crippen molar-refractivity contribution < 1.29 is 18.0 Å². The van der Waals surface area contributed by atoms with Gasteiger partial charge in [0.15, 0.2) is 0 Å². The summed E-state index contributed by atoms with van der Waals surface area (Å²) in [6.45, 7) is 0.624. The number of benzene rings is 2. The van der Waals surface area contributed by atoms with Gasteiger partial charge >= 0.3 is 0 Å².